The first-order chi connectivity index (χ1) is 15.4. The molecule has 168 valence electrons. The van der Waals surface area contributed by atoms with Crippen LogP contribution in [0.3, 0.4) is 0 Å². The first-order valence-electron chi connectivity index (χ1n) is 11.5. The number of aromatic nitrogens is 3. The predicted octanol–water partition coefficient (Wildman–Crippen LogP) is 5.38. The summed E-state index contributed by atoms with van der Waals surface area (Å²) < 4.78 is 7.96. The molecule has 1 aliphatic rings. The molecule has 1 aromatic heterocycles. The number of ether oxygens (including phenoxy) is 1. The van der Waals surface area contributed by atoms with E-state index < -0.39 is 0 Å². The molecule has 0 atom stereocenters. The van der Waals surface area contributed by atoms with Gasteiger partial charge in [-0.15, -0.1) is 10.2 Å². The summed E-state index contributed by atoms with van der Waals surface area (Å²) in [4.78, 5) is 12.3. The van der Waals surface area contributed by atoms with Gasteiger partial charge in [0, 0.05) is 24.2 Å². The van der Waals surface area contributed by atoms with Crippen molar-refractivity contribution < 1.29 is 9.53 Å². The zero-order chi connectivity index (χ0) is 22.6. The van der Waals surface area contributed by atoms with E-state index in [4.69, 9.17) is 4.74 Å². The number of rotatable bonds is 6. The molecule has 0 saturated carbocycles. The summed E-state index contributed by atoms with van der Waals surface area (Å²) in [6, 6.07) is 15.9. The number of fused-ring (bicyclic) bond motifs is 1. The van der Waals surface area contributed by atoms with Crippen molar-refractivity contribution in [3.63, 3.8) is 0 Å². The lowest BCUT2D eigenvalue weighted by atomic mass is 9.87. The largest absolute Gasteiger partial charge is 0.493 e. The topological polar surface area (TPSA) is 69.0 Å². The van der Waals surface area contributed by atoms with Gasteiger partial charge in [0.15, 0.2) is 5.82 Å². The summed E-state index contributed by atoms with van der Waals surface area (Å²) in [6.07, 6.45) is 4.86. The minimum atomic E-state index is -0.0691. The zero-order valence-electron chi connectivity index (χ0n) is 19.2. The molecule has 6 heteroatoms. The Morgan fingerprint density at radius 3 is 2.47 bits per heavy atom. The molecule has 0 aliphatic carbocycles. The average Bonchev–Trinajstić information content (AvgIpc) is 3.02. The molecule has 1 N–H and O–H groups in total. The molecule has 0 bridgehead atoms. The molecular weight excluding hydrogens is 400 g/mol. The summed E-state index contributed by atoms with van der Waals surface area (Å²) >= 11 is 0. The van der Waals surface area contributed by atoms with E-state index in [-0.39, 0.29) is 11.3 Å². The maximum absolute atomic E-state index is 12.3. The van der Waals surface area contributed by atoms with Crippen LogP contribution in [0.4, 0.5) is 5.69 Å². The number of hydrogen-bond acceptors (Lipinski definition) is 4. The lowest BCUT2D eigenvalue weighted by molar-refractivity contribution is -0.116. The van der Waals surface area contributed by atoms with Crippen LogP contribution in [0.25, 0.3) is 11.4 Å². The number of carbonyl (C=O) groups excluding carboxylic acids is 1. The van der Waals surface area contributed by atoms with E-state index in [1.165, 1.54) is 18.4 Å². The van der Waals surface area contributed by atoms with Gasteiger partial charge in [-0.3, -0.25) is 4.79 Å². The van der Waals surface area contributed by atoms with Crippen LogP contribution < -0.4 is 10.1 Å². The van der Waals surface area contributed by atoms with E-state index in [1.54, 1.807) is 0 Å². The highest BCUT2D eigenvalue weighted by atomic mass is 16.5. The van der Waals surface area contributed by atoms with E-state index in [0.29, 0.717) is 13.0 Å². The van der Waals surface area contributed by atoms with Crippen LogP contribution in [-0.2, 0) is 23.2 Å². The number of anilines is 1. The minimum absolute atomic E-state index is 0.0691. The summed E-state index contributed by atoms with van der Waals surface area (Å²) in [6.45, 7) is 7.85. The molecule has 0 fully saturated rings. The molecular formula is C26H32N4O2. The van der Waals surface area contributed by atoms with E-state index in [2.05, 4.69) is 53.0 Å². The minimum Gasteiger partial charge on any atom is -0.493 e. The Morgan fingerprint density at radius 1 is 1.00 bits per heavy atom. The number of hydrogen-bond donors (Lipinski definition) is 1. The lowest BCUT2D eigenvalue weighted by Crippen LogP contribution is -2.15. The number of aryl methyl sites for hydroxylation is 1. The van der Waals surface area contributed by atoms with Crippen molar-refractivity contribution in [1.82, 2.24) is 14.8 Å². The van der Waals surface area contributed by atoms with Gasteiger partial charge >= 0.3 is 0 Å². The maximum atomic E-state index is 12.3. The quantitative estimate of drug-likeness (QED) is 0.568. The molecule has 0 saturated heterocycles. The standard InChI is InChI=1S/C26H32N4O2/c1-26(2,3)20-10-14-22(15-11-20)32-18-16-24(31)27-21-12-8-19(9-13-21)25-29-28-23-7-5-4-6-17-30(23)25/h8-15H,4-7,16-18H2,1-3H3,(H,27,31). The fourth-order valence-corrected chi connectivity index (χ4v) is 3.94. The van der Waals surface area contributed by atoms with Crippen molar-refractivity contribution in [2.75, 3.05) is 11.9 Å². The molecule has 2 aromatic carbocycles. The van der Waals surface area contributed by atoms with Crippen molar-refractivity contribution in [3.8, 4) is 17.1 Å². The van der Waals surface area contributed by atoms with Crippen molar-refractivity contribution >= 4 is 11.6 Å². The summed E-state index contributed by atoms with van der Waals surface area (Å²) in [5.41, 5.74) is 3.16. The van der Waals surface area contributed by atoms with Gasteiger partial charge in [0.05, 0.1) is 13.0 Å². The van der Waals surface area contributed by atoms with E-state index in [1.807, 2.05) is 36.4 Å². The fraction of sp³-hybridized carbons (Fsp3) is 0.423. The predicted molar refractivity (Wildman–Crippen MR) is 127 cm³/mol. The van der Waals surface area contributed by atoms with Gasteiger partial charge in [0.25, 0.3) is 0 Å². The van der Waals surface area contributed by atoms with Crippen LogP contribution in [0.2, 0.25) is 0 Å². The highest BCUT2D eigenvalue weighted by Gasteiger charge is 2.16. The smallest absolute Gasteiger partial charge is 0.227 e. The van der Waals surface area contributed by atoms with Crippen LogP contribution in [0.1, 0.15) is 57.8 Å². The molecule has 0 spiro atoms. The van der Waals surface area contributed by atoms with Crippen molar-refractivity contribution in [2.45, 2.75) is 64.8 Å². The highest BCUT2D eigenvalue weighted by Crippen LogP contribution is 2.25. The Labute approximate surface area is 190 Å². The normalized spacial score (nSPS) is 13.8. The van der Waals surface area contributed by atoms with Crippen LogP contribution in [0.15, 0.2) is 48.5 Å². The first kappa shape index (κ1) is 22.1. The second kappa shape index (κ2) is 9.55. The van der Waals surface area contributed by atoms with Gasteiger partial charge < -0.3 is 14.6 Å². The summed E-state index contributed by atoms with van der Waals surface area (Å²) in [5, 5.41) is 11.7. The van der Waals surface area contributed by atoms with Crippen molar-refractivity contribution in [1.29, 1.82) is 0 Å². The van der Waals surface area contributed by atoms with Gasteiger partial charge in [-0.1, -0.05) is 39.3 Å². The molecule has 3 aromatic rings. The monoisotopic (exact) mass is 432 g/mol. The highest BCUT2D eigenvalue weighted by molar-refractivity contribution is 5.91. The van der Waals surface area contributed by atoms with Gasteiger partial charge in [0.1, 0.15) is 11.6 Å². The molecule has 6 nitrogen and oxygen atoms in total. The molecule has 32 heavy (non-hydrogen) atoms. The van der Waals surface area contributed by atoms with Gasteiger partial charge in [-0.05, 0) is 60.2 Å². The molecule has 0 unspecified atom stereocenters. The van der Waals surface area contributed by atoms with Gasteiger partial charge in [0.2, 0.25) is 5.91 Å². The summed E-state index contributed by atoms with van der Waals surface area (Å²) in [5.74, 6) is 2.69. The molecule has 1 amide bonds. The Balaban J connectivity index is 1.28. The number of nitrogens with one attached hydrogen (secondary N) is 1. The van der Waals surface area contributed by atoms with E-state index in [0.717, 1.165) is 48.0 Å². The lowest BCUT2D eigenvalue weighted by Gasteiger charge is -2.19. The Hall–Kier alpha value is -3.15. The third-order valence-corrected chi connectivity index (χ3v) is 5.85. The molecule has 4 rings (SSSR count). The maximum Gasteiger partial charge on any atom is 0.227 e. The Morgan fingerprint density at radius 2 is 1.75 bits per heavy atom. The zero-order valence-corrected chi connectivity index (χ0v) is 19.2. The van der Waals surface area contributed by atoms with Crippen LogP contribution in [0, 0.1) is 0 Å². The van der Waals surface area contributed by atoms with E-state index in [9.17, 15) is 4.79 Å². The fourth-order valence-electron chi connectivity index (χ4n) is 3.94. The number of amides is 1. The third kappa shape index (κ3) is 5.36. The number of nitrogens with zero attached hydrogens (tertiary/aromatic N) is 3. The third-order valence-electron chi connectivity index (χ3n) is 5.85. The molecule has 2 heterocycles. The molecule has 0 radical (unpaired) electrons. The van der Waals surface area contributed by atoms with Crippen LogP contribution in [0.5, 0.6) is 5.75 Å². The summed E-state index contributed by atoms with van der Waals surface area (Å²) in [7, 11) is 0. The molecule has 1 aliphatic heterocycles. The first-order valence-corrected chi connectivity index (χ1v) is 11.5. The van der Waals surface area contributed by atoms with Crippen LogP contribution in [-0.4, -0.2) is 27.3 Å². The average molecular weight is 433 g/mol. The second-order valence-electron chi connectivity index (χ2n) is 9.40. The van der Waals surface area contributed by atoms with Gasteiger partial charge in [-0.25, -0.2) is 0 Å². The van der Waals surface area contributed by atoms with Crippen LogP contribution >= 0.6 is 0 Å². The number of benzene rings is 2. The van der Waals surface area contributed by atoms with Gasteiger partial charge in [-0.2, -0.15) is 0 Å². The number of carbonyl (C=O) groups is 1. The van der Waals surface area contributed by atoms with Crippen molar-refractivity contribution in [2.24, 2.45) is 0 Å². The Bertz CT molecular complexity index is 1050. The van der Waals surface area contributed by atoms with E-state index >= 15 is 0 Å². The Kier molecular flexibility index (Phi) is 6.58. The second-order valence-corrected chi connectivity index (χ2v) is 9.40. The SMILES string of the molecule is CC(C)(C)c1ccc(OCCC(=O)Nc2ccc(-c3nnc4n3CCCCC4)cc2)cc1. The van der Waals surface area contributed by atoms with Crippen molar-refractivity contribution in [3.05, 3.63) is 59.9 Å².